The number of hydrogen-bond acceptors (Lipinski definition) is 2. The van der Waals surface area contributed by atoms with Crippen LogP contribution in [0.5, 0.6) is 5.75 Å². The summed E-state index contributed by atoms with van der Waals surface area (Å²) in [5, 5.41) is 0.862. The number of benzene rings is 3. The maximum atomic E-state index is 14.3. The summed E-state index contributed by atoms with van der Waals surface area (Å²) in [5.74, 6) is -0.478. The van der Waals surface area contributed by atoms with Gasteiger partial charge in [-0.15, -0.1) is 0 Å². The second-order valence-corrected chi connectivity index (χ2v) is 7.96. The van der Waals surface area contributed by atoms with Gasteiger partial charge in [0, 0.05) is 41.3 Å². The summed E-state index contributed by atoms with van der Waals surface area (Å²) in [4.78, 5) is 14.3. The number of nitrogens with zero attached hydrogens (tertiary/aromatic N) is 2. The van der Waals surface area contributed by atoms with E-state index in [1.807, 2.05) is 67.9 Å². The number of aromatic nitrogens is 1. The summed E-state index contributed by atoms with van der Waals surface area (Å²) in [6, 6.07) is 17.0. The van der Waals surface area contributed by atoms with Gasteiger partial charge in [0.2, 0.25) is 0 Å². The average molecular weight is 449 g/mol. The average Bonchev–Trinajstić information content (AvgIpc) is 3.20. The third kappa shape index (κ3) is 4.60. The van der Waals surface area contributed by atoms with Gasteiger partial charge in [-0.25, -0.2) is 13.6 Å². The number of hydrogen-bond donors (Lipinski definition) is 0. The van der Waals surface area contributed by atoms with Crippen molar-refractivity contribution in [3.8, 4) is 16.9 Å². The zero-order valence-electron chi connectivity index (χ0n) is 18.9. The predicted molar refractivity (Wildman–Crippen MR) is 127 cm³/mol. The van der Waals surface area contributed by atoms with Gasteiger partial charge in [0.15, 0.2) is 0 Å². The van der Waals surface area contributed by atoms with Gasteiger partial charge in [-0.05, 0) is 62.7 Å². The first-order valence-corrected chi connectivity index (χ1v) is 11.0. The van der Waals surface area contributed by atoms with Crippen molar-refractivity contribution in [1.29, 1.82) is 0 Å². The highest BCUT2D eigenvalue weighted by atomic mass is 19.1. The number of aryl methyl sites for hydroxylation is 1. The summed E-state index contributed by atoms with van der Waals surface area (Å²) >= 11 is 0. The Morgan fingerprint density at radius 1 is 0.970 bits per heavy atom. The molecule has 0 bridgehead atoms. The van der Waals surface area contributed by atoms with Crippen molar-refractivity contribution in [3.05, 3.63) is 89.6 Å². The highest BCUT2D eigenvalue weighted by Crippen LogP contribution is 2.38. The Bertz CT molecular complexity index is 1290. The predicted octanol–water partition coefficient (Wildman–Crippen LogP) is 6.78. The third-order valence-electron chi connectivity index (χ3n) is 5.82. The highest BCUT2D eigenvalue weighted by Gasteiger charge is 2.19. The minimum Gasteiger partial charge on any atom is -0.410 e. The van der Waals surface area contributed by atoms with E-state index in [0.717, 1.165) is 39.7 Å². The van der Waals surface area contributed by atoms with E-state index in [-0.39, 0.29) is 12.1 Å². The number of halogens is 2. The first kappa shape index (κ1) is 22.5. The smallest absolute Gasteiger partial charge is 0.410 e. The highest BCUT2D eigenvalue weighted by molar-refractivity contribution is 5.99. The van der Waals surface area contributed by atoms with Crippen LogP contribution in [0.2, 0.25) is 0 Å². The minimum atomic E-state index is -0.478. The van der Waals surface area contributed by atoms with Gasteiger partial charge in [-0.3, -0.25) is 0 Å². The SMILES string of the molecule is CCN(CC)C(=O)Oc1ccc2c(ccn2Cc2cc(F)ccc2F)c1-c1ccc(C)cc1. The largest absolute Gasteiger partial charge is 0.415 e. The maximum Gasteiger partial charge on any atom is 0.415 e. The van der Waals surface area contributed by atoms with Crippen LogP contribution >= 0.6 is 0 Å². The van der Waals surface area contributed by atoms with Crippen molar-refractivity contribution in [2.45, 2.75) is 27.3 Å². The zero-order chi connectivity index (χ0) is 23.5. The minimum absolute atomic E-state index is 0.180. The molecule has 4 nitrogen and oxygen atoms in total. The van der Waals surface area contributed by atoms with E-state index >= 15 is 0 Å². The summed E-state index contributed by atoms with van der Waals surface area (Å²) in [6.45, 7) is 7.09. The molecule has 170 valence electrons. The van der Waals surface area contributed by atoms with Gasteiger partial charge in [-0.1, -0.05) is 29.8 Å². The van der Waals surface area contributed by atoms with E-state index < -0.39 is 17.7 Å². The van der Waals surface area contributed by atoms with E-state index in [4.69, 9.17) is 4.74 Å². The fourth-order valence-electron chi connectivity index (χ4n) is 3.98. The molecule has 4 rings (SSSR count). The first-order chi connectivity index (χ1) is 15.9. The number of ether oxygens (including phenoxy) is 1. The van der Waals surface area contributed by atoms with Crippen LogP contribution in [0.3, 0.4) is 0 Å². The Hall–Kier alpha value is -3.67. The molecular weight excluding hydrogens is 422 g/mol. The molecule has 0 aliphatic heterocycles. The van der Waals surface area contributed by atoms with Crippen molar-refractivity contribution < 1.29 is 18.3 Å². The molecule has 0 fully saturated rings. The lowest BCUT2D eigenvalue weighted by Gasteiger charge is -2.20. The fourth-order valence-corrected chi connectivity index (χ4v) is 3.98. The number of fused-ring (bicyclic) bond motifs is 1. The van der Waals surface area contributed by atoms with Gasteiger partial charge in [0.05, 0.1) is 6.54 Å². The third-order valence-corrected chi connectivity index (χ3v) is 5.82. The van der Waals surface area contributed by atoms with Crippen molar-refractivity contribution >= 4 is 17.0 Å². The molecule has 1 aromatic heterocycles. The van der Waals surface area contributed by atoms with Crippen molar-refractivity contribution in [3.63, 3.8) is 0 Å². The normalized spacial score (nSPS) is 11.1. The number of carbonyl (C=O) groups excluding carboxylic acids is 1. The summed E-state index contributed by atoms with van der Waals surface area (Å²) in [7, 11) is 0. The van der Waals surface area contributed by atoms with E-state index in [0.29, 0.717) is 18.8 Å². The lowest BCUT2D eigenvalue weighted by atomic mass is 9.99. The van der Waals surface area contributed by atoms with Gasteiger partial charge in [0.1, 0.15) is 17.4 Å². The molecule has 0 aliphatic carbocycles. The van der Waals surface area contributed by atoms with E-state index in [1.165, 1.54) is 6.07 Å². The van der Waals surface area contributed by atoms with Crippen LogP contribution in [0.15, 0.2) is 66.9 Å². The molecule has 0 saturated heterocycles. The van der Waals surface area contributed by atoms with E-state index in [1.54, 1.807) is 11.0 Å². The van der Waals surface area contributed by atoms with Crippen LogP contribution in [0.4, 0.5) is 13.6 Å². The van der Waals surface area contributed by atoms with Gasteiger partial charge < -0.3 is 14.2 Å². The van der Waals surface area contributed by atoms with Crippen LogP contribution in [0.1, 0.15) is 25.0 Å². The molecule has 1 heterocycles. The topological polar surface area (TPSA) is 34.5 Å². The van der Waals surface area contributed by atoms with Gasteiger partial charge in [0.25, 0.3) is 0 Å². The van der Waals surface area contributed by atoms with Gasteiger partial charge >= 0.3 is 6.09 Å². The monoisotopic (exact) mass is 448 g/mol. The van der Waals surface area contributed by atoms with Crippen LogP contribution < -0.4 is 4.74 Å². The molecule has 33 heavy (non-hydrogen) atoms. The van der Waals surface area contributed by atoms with Crippen LogP contribution in [-0.4, -0.2) is 28.6 Å². The molecule has 0 saturated carbocycles. The fraction of sp³-hybridized carbons (Fsp3) is 0.222. The molecular formula is C27H26F2N2O2. The van der Waals surface area contributed by atoms with Crippen molar-refractivity contribution in [2.24, 2.45) is 0 Å². The number of rotatable bonds is 6. The van der Waals surface area contributed by atoms with E-state index in [2.05, 4.69) is 0 Å². The molecule has 3 aromatic carbocycles. The second kappa shape index (κ2) is 9.45. The van der Waals surface area contributed by atoms with Crippen molar-refractivity contribution in [2.75, 3.05) is 13.1 Å². The summed E-state index contributed by atoms with van der Waals surface area (Å²) in [6.07, 6.45) is 1.43. The standard InChI is InChI=1S/C27H26F2N2O2/c1-4-30(5-2)27(32)33-25-13-12-24-22(26(25)19-8-6-18(3)7-9-19)14-15-31(24)17-20-16-21(28)10-11-23(20)29/h6-16H,4-5,17H2,1-3H3. The number of amides is 1. The van der Waals surface area contributed by atoms with Crippen LogP contribution in [0, 0.1) is 18.6 Å². The Morgan fingerprint density at radius 2 is 1.70 bits per heavy atom. The summed E-state index contributed by atoms with van der Waals surface area (Å²) in [5.41, 5.74) is 3.90. The molecule has 6 heteroatoms. The summed E-state index contributed by atoms with van der Waals surface area (Å²) < 4.78 is 35.6. The Labute approximate surface area is 192 Å². The van der Waals surface area contributed by atoms with Gasteiger partial charge in [-0.2, -0.15) is 0 Å². The molecule has 0 aliphatic rings. The second-order valence-electron chi connectivity index (χ2n) is 7.96. The quantitative estimate of drug-likeness (QED) is 0.326. The molecule has 0 unspecified atom stereocenters. The molecule has 0 radical (unpaired) electrons. The van der Waals surface area contributed by atoms with Crippen molar-refractivity contribution in [1.82, 2.24) is 9.47 Å². The van der Waals surface area contributed by atoms with E-state index in [9.17, 15) is 13.6 Å². The zero-order valence-corrected chi connectivity index (χ0v) is 18.9. The number of carbonyl (C=O) groups is 1. The molecule has 0 atom stereocenters. The molecule has 0 N–H and O–H groups in total. The van der Waals surface area contributed by atoms with Crippen LogP contribution in [0.25, 0.3) is 22.0 Å². The molecule has 0 spiro atoms. The lowest BCUT2D eigenvalue weighted by Crippen LogP contribution is -2.33. The molecule has 4 aromatic rings. The Balaban J connectivity index is 1.82. The Morgan fingerprint density at radius 3 is 2.39 bits per heavy atom. The van der Waals surface area contributed by atoms with Crippen LogP contribution in [-0.2, 0) is 6.54 Å². The Kier molecular flexibility index (Phi) is 6.45. The maximum absolute atomic E-state index is 14.3. The lowest BCUT2D eigenvalue weighted by molar-refractivity contribution is 0.157. The molecule has 1 amide bonds. The first-order valence-electron chi connectivity index (χ1n) is 11.0.